The lowest BCUT2D eigenvalue weighted by atomic mass is 10.1. The van der Waals surface area contributed by atoms with E-state index in [9.17, 15) is 4.79 Å². The van der Waals surface area contributed by atoms with Crippen LogP contribution in [-0.4, -0.2) is 41.2 Å². The number of nitrogens with zero attached hydrogens (tertiary/aromatic N) is 2. The summed E-state index contributed by atoms with van der Waals surface area (Å²) in [5, 5.41) is 11.5. The number of aliphatic hydroxyl groups is 1. The molecule has 92 valence electrons. The van der Waals surface area contributed by atoms with E-state index < -0.39 is 0 Å². The van der Waals surface area contributed by atoms with E-state index in [2.05, 4.69) is 15.2 Å². The topological polar surface area (TPSA) is 90.9 Å². The van der Waals surface area contributed by atoms with E-state index in [1.165, 1.54) is 0 Å². The molecule has 0 saturated heterocycles. The second kappa shape index (κ2) is 3.73. The molecule has 6 heteroatoms. The summed E-state index contributed by atoms with van der Waals surface area (Å²) in [6.45, 7) is 1.09. The molecule has 0 aromatic carbocycles. The van der Waals surface area contributed by atoms with Crippen LogP contribution in [0.2, 0.25) is 0 Å². The second-order valence-electron chi connectivity index (χ2n) is 4.92. The van der Waals surface area contributed by atoms with E-state index in [0.717, 1.165) is 13.0 Å². The summed E-state index contributed by atoms with van der Waals surface area (Å²) < 4.78 is 0. The van der Waals surface area contributed by atoms with E-state index in [1.54, 1.807) is 0 Å². The standard InChI is InChI=1S/C11H16N4O2/c12-11-13-9-8(10(17)14-11)1-2-15(9)4-6-3-7(6)5-16/h1-2,6-9,16H,3-5H2,(H3,12,13,14,17)/t6-,7+,8?,9?/m1/s1. The van der Waals surface area contributed by atoms with E-state index in [1.807, 2.05) is 12.3 Å². The lowest BCUT2D eigenvalue weighted by Crippen LogP contribution is -2.51. The number of amides is 1. The summed E-state index contributed by atoms with van der Waals surface area (Å²) >= 11 is 0. The van der Waals surface area contributed by atoms with Crippen LogP contribution in [0.3, 0.4) is 0 Å². The zero-order valence-corrected chi connectivity index (χ0v) is 9.41. The van der Waals surface area contributed by atoms with Crippen LogP contribution in [0.15, 0.2) is 17.3 Å². The van der Waals surface area contributed by atoms with Gasteiger partial charge in [-0.2, -0.15) is 0 Å². The predicted molar refractivity (Wildman–Crippen MR) is 61.6 cm³/mol. The van der Waals surface area contributed by atoms with Gasteiger partial charge in [0.1, 0.15) is 6.17 Å². The molecule has 3 aliphatic rings. The van der Waals surface area contributed by atoms with Crippen molar-refractivity contribution in [3.05, 3.63) is 12.3 Å². The van der Waals surface area contributed by atoms with Crippen LogP contribution in [0, 0.1) is 17.8 Å². The third kappa shape index (κ3) is 1.78. The quantitative estimate of drug-likeness (QED) is 0.576. The normalized spacial score (nSPS) is 38.8. The molecular formula is C11H16N4O2. The fraction of sp³-hybridized carbons (Fsp3) is 0.636. The minimum atomic E-state index is -0.228. The maximum Gasteiger partial charge on any atom is 0.237 e. The number of hydrogen-bond acceptors (Lipinski definition) is 5. The first-order valence-corrected chi connectivity index (χ1v) is 5.88. The van der Waals surface area contributed by atoms with Crippen molar-refractivity contribution in [2.24, 2.45) is 28.5 Å². The molecular weight excluding hydrogens is 220 g/mol. The van der Waals surface area contributed by atoms with Crippen LogP contribution in [0.5, 0.6) is 0 Å². The number of aliphatic hydroxyl groups excluding tert-OH is 1. The Bertz CT molecular complexity index is 406. The number of nitrogens with two attached hydrogens (primary N) is 1. The number of hydrogen-bond donors (Lipinski definition) is 3. The highest BCUT2D eigenvalue weighted by Crippen LogP contribution is 2.40. The lowest BCUT2D eigenvalue weighted by Gasteiger charge is -2.29. The first kappa shape index (κ1) is 10.6. The number of aliphatic imine (C=N–C) groups is 1. The Labute approximate surface area is 99.2 Å². The van der Waals surface area contributed by atoms with Crippen molar-refractivity contribution < 1.29 is 9.90 Å². The molecule has 1 aliphatic carbocycles. The highest BCUT2D eigenvalue weighted by molar-refractivity contribution is 6.00. The molecule has 3 rings (SSSR count). The van der Waals surface area contributed by atoms with Crippen molar-refractivity contribution in [3.8, 4) is 0 Å². The Kier molecular flexibility index (Phi) is 2.32. The molecule has 2 heterocycles. The Morgan fingerprint density at radius 2 is 2.41 bits per heavy atom. The summed E-state index contributed by atoms with van der Waals surface area (Å²) in [5.41, 5.74) is 5.57. The highest BCUT2D eigenvalue weighted by Gasteiger charge is 2.43. The number of carbonyl (C=O) groups is 1. The molecule has 2 unspecified atom stereocenters. The average molecular weight is 236 g/mol. The first-order chi connectivity index (χ1) is 8.19. The molecule has 0 spiro atoms. The Balaban J connectivity index is 1.69. The first-order valence-electron chi connectivity index (χ1n) is 5.88. The van der Waals surface area contributed by atoms with Gasteiger partial charge in [-0.05, 0) is 24.5 Å². The predicted octanol–water partition coefficient (Wildman–Crippen LogP) is -1.17. The van der Waals surface area contributed by atoms with Crippen LogP contribution in [0.1, 0.15) is 6.42 Å². The van der Waals surface area contributed by atoms with Crippen molar-refractivity contribution >= 4 is 11.9 Å². The van der Waals surface area contributed by atoms with Crippen molar-refractivity contribution in [1.82, 2.24) is 10.2 Å². The van der Waals surface area contributed by atoms with Gasteiger partial charge in [-0.15, -0.1) is 0 Å². The minimum absolute atomic E-state index is 0.0873. The van der Waals surface area contributed by atoms with Gasteiger partial charge in [0.15, 0.2) is 5.96 Å². The van der Waals surface area contributed by atoms with Crippen LogP contribution in [-0.2, 0) is 4.79 Å². The van der Waals surface area contributed by atoms with Gasteiger partial charge in [-0.1, -0.05) is 6.08 Å². The van der Waals surface area contributed by atoms with Gasteiger partial charge in [-0.3, -0.25) is 10.1 Å². The molecule has 17 heavy (non-hydrogen) atoms. The lowest BCUT2D eigenvalue weighted by molar-refractivity contribution is -0.123. The average Bonchev–Trinajstić information content (AvgIpc) is 2.92. The molecule has 1 fully saturated rings. The molecule has 6 nitrogen and oxygen atoms in total. The van der Waals surface area contributed by atoms with Crippen LogP contribution in [0.25, 0.3) is 0 Å². The molecule has 0 bridgehead atoms. The fourth-order valence-corrected chi connectivity index (χ4v) is 2.56. The summed E-state index contributed by atoms with van der Waals surface area (Å²) in [4.78, 5) is 18.0. The van der Waals surface area contributed by atoms with Crippen LogP contribution in [0.4, 0.5) is 0 Å². The number of nitrogens with one attached hydrogen (secondary N) is 1. The van der Waals surface area contributed by atoms with E-state index >= 15 is 0 Å². The number of rotatable bonds is 3. The van der Waals surface area contributed by atoms with Crippen molar-refractivity contribution in [2.45, 2.75) is 12.6 Å². The summed E-state index contributed by atoms with van der Waals surface area (Å²) in [7, 11) is 0. The second-order valence-corrected chi connectivity index (χ2v) is 4.92. The minimum Gasteiger partial charge on any atom is -0.396 e. The molecule has 0 aromatic rings. The molecule has 4 N–H and O–H groups in total. The van der Waals surface area contributed by atoms with Gasteiger partial charge < -0.3 is 15.7 Å². The SMILES string of the molecule is NC1=NC2C(C=CN2C[C@H]2C[C@H]2CO)C(=O)N1. The summed E-state index contributed by atoms with van der Waals surface area (Å²) in [6, 6.07) is 0. The fourth-order valence-electron chi connectivity index (χ4n) is 2.56. The third-order valence-corrected chi connectivity index (χ3v) is 3.72. The zero-order chi connectivity index (χ0) is 12.0. The van der Waals surface area contributed by atoms with Gasteiger partial charge in [0.05, 0.1) is 5.92 Å². The van der Waals surface area contributed by atoms with Gasteiger partial charge >= 0.3 is 0 Å². The maximum absolute atomic E-state index is 11.7. The summed E-state index contributed by atoms with van der Waals surface area (Å²) in [6.07, 6.45) is 4.66. The largest absolute Gasteiger partial charge is 0.396 e. The van der Waals surface area contributed by atoms with Gasteiger partial charge in [0.2, 0.25) is 5.91 Å². The van der Waals surface area contributed by atoms with Crippen molar-refractivity contribution in [2.75, 3.05) is 13.2 Å². The molecule has 1 amide bonds. The van der Waals surface area contributed by atoms with Crippen molar-refractivity contribution in [3.63, 3.8) is 0 Å². The van der Waals surface area contributed by atoms with E-state index in [4.69, 9.17) is 10.8 Å². The molecule has 1 saturated carbocycles. The zero-order valence-electron chi connectivity index (χ0n) is 9.41. The molecule has 0 radical (unpaired) electrons. The molecule has 0 aromatic heterocycles. The molecule has 2 aliphatic heterocycles. The third-order valence-electron chi connectivity index (χ3n) is 3.72. The van der Waals surface area contributed by atoms with Gasteiger partial charge in [0.25, 0.3) is 0 Å². The van der Waals surface area contributed by atoms with Crippen molar-refractivity contribution in [1.29, 1.82) is 0 Å². The van der Waals surface area contributed by atoms with Crippen LogP contribution >= 0.6 is 0 Å². The molecule has 4 atom stereocenters. The monoisotopic (exact) mass is 236 g/mol. The maximum atomic E-state index is 11.7. The van der Waals surface area contributed by atoms with Gasteiger partial charge in [0, 0.05) is 13.2 Å². The Hall–Kier alpha value is -1.56. The van der Waals surface area contributed by atoms with Gasteiger partial charge in [-0.25, -0.2) is 4.99 Å². The highest BCUT2D eigenvalue weighted by atomic mass is 16.3. The number of fused-ring (bicyclic) bond motifs is 1. The van der Waals surface area contributed by atoms with E-state index in [-0.39, 0.29) is 30.6 Å². The van der Waals surface area contributed by atoms with E-state index in [0.29, 0.717) is 11.8 Å². The smallest absolute Gasteiger partial charge is 0.237 e. The summed E-state index contributed by atoms with van der Waals surface area (Å²) in [5.74, 6) is 0.815. The Morgan fingerprint density at radius 1 is 1.59 bits per heavy atom. The number of guanidine groups is 1. The Morgan fingerprint density at radius 3 is 3.12 bits per heavy atom. The van der Waals surface area contributed by atoms with Crippen LogP contribution < -0.4 is 11.1 Å². The number of carbonyl (C=O) groups excluding carboxylic acids is 1.